The molecule has 1 amide bonds. The van der Waals surface area contributed by atoms with Gasteiger partial charge in [-0.25, -0.2) is 14.0 Å². The minimum atomic E-state index is -5.08. The Morgan fingerprint density at radius 3 is 1.88 bits per heavy atom. The first-order valence-corrected chi connectivity index (χ1v) is 12.0. The third-order valence-corrected chi connectivity index (χ3v) is 6.00. The van der Waals surface area contributed by atoms with E-state index in [0.29, 0.717) is 37.6 Å². The Balaban J connectivity index is 0.000000616. The second-order valence-corrected chi connectivity index (χ2v) is 8.80. The summed E-state index contributed by atoms with van der Waals surface area (Å²) in [5.41, 5.74) is 0.123. The average Bonchev–Trinajstić information content (AvgIpc) is 2.93. The summed E-state index contributed by atoms with van der Waals surface area (Å²) in [5.74, 6) is -5.37. The van der Waals surface area contributed by atoms with E-state index in [9.17, 15) is 45.4 Å². The number of hydrogen-bond acceptors (Lipinski definition) is 5. The van der Waals surface area contributed by atoms with E-state index in [4.69, 9.17) is 9.90 Å². The van der Waals surface area contributed by atoms with Gasteiger partial charge in [0, 0.05) is 37.6 Å². The monoisotopic (exact) mass is 601 g/mol. The second kappa shape index (κ2) is 12.8. The highest BCUT2D eigenvalue weighted by atomic mass is 19.4. The van der Waals surface area contributed by atoms with E-state index < -0.39 is 41.6 Å². The Morgan fingerprint density at radius 2 is 1.33 bits per heavy atom. The molecule has 1 aliphatic heterocycles. The maximum Gasteiger partial charge on any atom is 0.490 e. The molecular formula is C27H22F7N3O5. The molecule has 3 N–H and O–H groups in total. The largest absolute Gasteiger partial charge is 0.490 e. The Kier molecular flexibility index (Phi) is 9.65. The third-order valence-electron chi connectivity index (χ3n) is 6.00. The first-order valence-electron chi connectivity index (χ1n) is 12.0. The molecule has 0 aromatic heterocycles. The van der Waals surface area contributed by atoms with E-state index >= 15 is 0 Å². The quantitative estimate of drug-likeness (QED) is 0.320. The number of nitrogens with one attached hydrogen (secondary N) is 1. The standard InChI is InChI=1S/C25H21F4N3O3.C2HF3O2/c26-21-7-2-1-6-19(21)23(33)30-17-8-9-22(20(15-17)24(34)35)32-12-10-31(11-13-32)18-5-3-4-16(14-18)25(27,28)29;3-2(4,5)1(6)7/h1-9,14-15H,10-13H2,(H,30,33)(H,34,35);(H,6,7). The lowest BCUT2D eigenvalue weighted by Gasteiger charge is -2.38. The minimum Gasteiger partial charge on any atom is -0.478 e. The van der Waals surface area contributed by atoms with E-state index in [1.54, 1.807) is 12.1 Å². The molecule has 0 saturated carbocycles. The number of amides is 1. The number of aliphatic carboxylic acids is 1. The van der Waals surface area contributed by atoms with Crippen LogP contribution in [0.15, 0.2) is 66.7 Å². The summed E-state index contributed by atoms with van der Waals surface area (Å²) in [6.45, 7) is 1.56. The fourth-order valence-corrected chi connectivity index (χ4v) is 3.99. The summed E-state index contributed by atoms with van der Waals surface area (Å²) in [7, 11) is 0. The zero-order valence-electron chi connectivity index (χ0n) is 21.3. The van der Waals surface area contributed by atoms with E-state index in [1.807, 2.05) is 9.80 Å². The van der Waals surface area contributed by atoms with Crippen LogP contribution < -0.4 is 15.1 Å². The number of aromatic carboxylic acids is 1. The Labute approximate surface area is 233 Å². The zero-order chi connectivity index (χ0) is 31.2. The normalized spacial score (nSPS) is 13.6. The van der Waals surface area contributed by atoms with Crippen LogP contribution in [-0.4, -0.2) is 60.4 Å². The fourth-order valence-electron chi connectivity index (χ4n) is 3.99. The van der Waals surface area contributed by atoms with Gasteiger partial charge in [0.2, 0.25) is 0 Å². The maximum atomic E-state index is 13.9. The Hall–Kier alpha value is -4.82. The molecule has 0 radical (unpaired) electrons. The first-order chi connectivity index (χ1) is 19.6. The summed E-state index contributed by atoms with van der Waals surface area (Å²) in [4.78, 5) is 36.8. The molecule has 0 spiro atoms. The Bertz CT molecular complexity index is 1450. The van der Waals surface area contributed by atoms with E-state index in [0.717, 1.165) is 18.2 Å². The lowest BCUT2D eigenvalue weighted by atomic mass is 10.1. The van der Waals surface area contributed by atoms with Crippen LogP contribution in [0.4, 0.5) is 47.8 Å². The van der Waals surface area contributed by atoms with Gasteiger partial charge in [-0.2, -0.15) is 26.3 Å². The summed E-state index contributed by atoms with van der Waals surface area (Å²) in [6, 6.07) is 14.9. The van der Waals surface area contributed by atoms with Gasteiger partial charge < -0.3 is 25.3 Å². The SMILES string of the molecule is O=C(Nc1ccc(N2CCN(c3cccc(C(F)(F)F)c3)CC2)c(C(=O)O)c1)c1ccccc1F.O=C(O)C(F)(F)F. The van der Waals surface area contributed by atoms with Crippen molar-refractivity contribution in [2.75, 3.05) is 41.3 Å². The molecule has 42 heavy (non-hydrogen) atoms. The number of rotatable bonds is 5. The van der Waals surface area contributed by atoms with Crippen LogP contribution in [-0.2, 0) is 11.0 Å². The van der Waals surface area contributed by atoms with Crippen LogP contribution in [0.25, 0.3) is 0 Å². The zero-order valence-corrected chi connectivity index (χ0v) is 21.3. The molecule has 0 bridgehead atoms. The van der Waals surface area contributed by atoms with Crippen molar-refractivity contribution in [2.45, 2.75) is 12.4 Å². The molecule has 3 aromatic rings. The van der Waals surface area contributed by atoms with Crippen molar-refractivity contribution in [1.82, 2.24) is 0 Å². The lowest BCUT2D eigenvalue weighted by Crippen LogP contribution is -2.47. The fraction of sp³-hybridized carbons (Fsp3) is 0.222. The topological polar surface area (TPSA) is 110 Å². The van der Waals surface area contributed by atoms with Crippen molar-refractivity contribution in [3.63, 3.8) is 0 Å². The van der Waals surface area contributed by atoms with Crippen molar-refractivity contribution in [3.05, 3.63) is 89.2 Å². The van der Waals surface area contributed by atoms with Gasteiger partial charge >= 0.3 is 24.3 Å². The molecular weight excluding hydrogens is 579 g/mol. The number of nitrogens with zero attached hydrogens (tertiary/aromatic N) is 2. The van der Waals surface area contributed by atoms with E-state index in [-0.39, 0.29) is 16.8 Å². The molecule has 0 atom stereocenters. The van der Waals surface area contributed by atoms with Crippen molar-refractivity contribution < 1.29 is 55.3 Å². The molecule has 4 rings (SSSR count). The van der Waals surface area contributed by atoms with Crippen molar-refractivity contribution >= 4 is 34.9 Å². The van der Waals surface area contributed by atoms with Crippen LogP contribution in [0.3, 0.4) is 0 Å². The van der Waals surface area contributed by atoms with E-state index in [2.05, 4.69) is 5.32 Å². The average molecular weight is 601 g/mol. The molecule has 3 aromatic carbocycles. The second-order valence-electron chi connectivity index (χ2n) is 8.80. The highest BCUT2D eigenvalue weighted by Gasteiger charge is 2.38. The molecule has 15 heteroatoms. The number of carbonyl (C=O) groups excluding carboxylic acids is 1. The molecule has 1 heterocycles. The van der Waals surface area contributed by atoms with Crippen molar-refractivity contribution in [2.24, 2.45) is 0 Å². The van der Waals surface area contributed by atoms with Crippen molar-refractivity contribution in [3.8, 4) is 0 Å². The number of anilines is 3. The number of benzene rings is 3. The number of carboxylic acids is 2. The van der Waals surface area contributed by atoms with Gasteiger partial charge in [0.15, 0.2) is 0 Å². The Morgan fingerprint density at radius 1 is 0.738 bits per heavy atom. The molecule has 0 unspecified atom stereocenters. The van der Waals surface area contributed by atoms with Gasteiger partial charge in [0.1, 0.15) is 5.82 Å². The van der Waals surface area contributed by atoms with Gasteiger partial charge in [0.05, 0.1) is 22.4 Å². The van der Waals surface area contributed by atoms with Crippen LogP contribution >= 0.6 is 0 Å². The summed E-state index contributed by atoms with van der Waals surface area (Å²) < 4.78 is 84.7. The van der Waals surface area contributed by atoms with Crippen LogP contribution in [0, 0.1) is 5.82 Å². The summed E-state index contributed by atoms with van der Waals surface area (Å²) >= 11 is 0. The van der Waals surface area contributed by atoms with Gasteiger partial charge in [-0.1, -0.05) is 18.2 Å². The number of carbonyl (C=O) groups is 3. The van der Waals surface area contributed by atoms with Crippen molar-refractivity contribution in [1.29, 1.82) is 0 Å². The maximum absolute atomic E-state index is 13.9. The number of carboxylic acid groups (broad SMARTS) is 2. The van der Waals surface area contributed by atoms with Crippen LogP contribution in [0.2, 0.25) is 0 Å². The van der Waals surface area contributed by atoms with Gasteiger partial charge in [-0.05, 0) is 48.5 Å². The van der Waals surface area contributed by atoms with Gasteiger partial charge in [-0.3, -0.25) is 4.79 Å². The molecule has 1 aliphatic rings. The molecule has 8 nitrogen and oxygen atoms in total. The van der Waals surface area contributed by atoms with Gasteiger partial charge in [0.25, 0.3) is 5.91 Å². The highest BCUT2D eigenvalue weighted by Crippen LogP contribution is 2.32. The highest BCUT2D eigenvalue weighted by molar-refractivity contribution is 6.05. The molecule has 224 valence electrons. The number of hydrogen-bond donors (Lipinski definition) is 3. The summed E-state index contributed by atoms with van der Waals surface area (Å²) in [6.07, 6.45) is -9.52. The van der Waals surface area contributed by atoms with Crippen LogP contribution in [0.1, 0.15) is 26.3 Å². The number of alkyl halides is 6. The molecule has 1 fully saturated rings. The van der Waals surface area contributed by atoms with Gasteiger partial charge in [-0.15, -0.1) is 0 Å². The van der Waals surface area contributed by atoms with Crippen LogP contribution in [0.5, 0.6) is 0 Å². The predicted molar refractivity (Wildman–Crippen MR) is 137 cm³/mol. The lowest BCUT2D eigenvalue weighted by molar-refractivity contribution is -0.192. The smallest absolute Gasteiger partial charge is 0.478 e. The molecule has 1 saturated heterocycles. The number of halogens is 7. The minimum absolute atomic E-state index is 0.0520. The third kappa shape index (κ3) is 8.11. The summed E-state index contributed by atoms with van der Waals surface area (Å²) in [5, 5.41) is 19.4. The molecule has 0 aliphatic carbocycles. The number of piperazine rings is 1. The van der Waals surface area contributed by atoms with E-state index in [1.165, 1.54) is 36.4 Å². The predicted octanol–water partition coefficient (Wildman–Crippen LogP) is 5.75. The first kappa shape index (κ1) is 31.7.